The molecule has 4 nitrogen and oxygen atoms in total. The van der Waals surface area contributed by atoms with Gasteiger partial charge >= 0.3 is 0 Å². The van der Waals surface area contributed by atoms with Crippen molar-refractivity contribution in [3.63, 3.8) is 0 Å². The highest BCUT2D eigenvalue weighted by Crippen LogP contribution is 2.42. The van der Waals surface area contributed by atoms with E-state index in [1.165, 1.54) is 10.6 Å². The van der Waals surface area contributed by atoms with Crippen LogP contribution < -0.4 is 4.31 Å². The maximum atomic E-state index is 11.7. The van der Waals surface area contributed by atoms with Crippen molar-refractivity contribution in [3.8, 4) is 0 Å². The normalized spacial score (nSPS) is 20.5. The zero-order valence-electron chi connectivity index (χ0n) is 10.2. The second kappa shape index (κ2) is 3.71. The van der Waals surface area contributed by atoms with Crippen LogP contribution in [-0.4, -0.2) is 31.9 Å². The Hall–Kier alpha value is -1.07. The van der Waals surface area contributed by atoms with Crippen LogP contribution in [0.4, 0.5) is 5.69 Å². The van der Waals surface area contributed by atoms with Gasteiger partial charge in [0.1, 0.15) is 0 Å². The summed E-state index contributed by atoms with van der Waals surface area (Å²) in [5.41, 5.74) is 0.641. The van der Waals surface area contributed by atoms with Crippen molar-refractivity contribution in [2.45, 2.75) is 25.4 Å². The van der Waals surface area contributed by atoms with Crippen molar-refractivity contribution >= 4 is 15.7 Å². The van der Waals surface area contributed by atoms with Gasteiger partial charge in [-0.2, -0.15) is 0 Å². The van der Waals surface area contributed by atoms with E-state index < -0.39 is 15.6 Å². The first kappa shape index (κ1) is 12.4. The van der Waals surface area contributed by atoms with Crippen molar-refractivity contribution in [1.82, 2.24) is 0 Å². The highest BCUT2D eigenvalue weighted by Gasteiger charge is 2.40. The molecule has 1 atom stereocenters. The van der Waals surface area contributed by atoms with E-state index in [1.54, 1.807) is 19.9 Å². The van der Waals surface area contributed by atoms with E-state index in [1.807, 2.05) is 18.2 Å². The van der Waals surface area contributed by atoms with Crippen LogP contribution in [0.3, 0.4) is 0 Å². The number of nitrogens with zero attached hydrogens (tertiary/aromatic N) is 1. The largest absolute Gasteiger partial charge is 0.390 e. The summed E-state index contributed by atoms with van der Waals surface area (Å²) in [5.74, 6) is -0.187. The SMILES string of the molecule is CC(C)(O)C1CN(S(C)(=O)=O)c2ccccc21. The van der Waals surface area contributed by atoms with Gasteiger partial charge in [-0.1, -0.05) is 18.2 Å². The minimum Gasteiger partial charge on any atom is -0.390 e. The summed E-state index contributed by atoms with van der Waals surface area (Å²) < 4.78 is 24.8. The molecule has 0 bridgehead atoms. The Kier molecular flexibility index (Phi) is 2.71. The van der Waals surface area contributed by atoms with Crippen LogP contribution in [-0.2, 0) is 10.0 Å². The number of hydrogen-bond donors (Lipinski definition) is 1. The number of benzene rings is 1. The molecule has 1 aliphatic heterocycles. The predicted octanol–water partition coefficient (Wildman–Crippen LogP) is 1.32. The number of rotatable bonds is 2. The minimum absolute atomic E-state index is 0.187. The molecule has 2 rings (SSSR count). The minimum atomic E-state index is -3.29. The van der Waals surface area contributed by atoms with Gasteiger partial charge in [-0.05, 0) is 25.5 Å². The van der Waals surface area contributed by atoms with Gasteiger partial charge in [0, 0.05) is 12.5 Å². The fraction of sp³-hybridized carbons (Fsp3) is 0.500. The molecule has 0 spiro atoms. The molecule has 0 fully saturated rings. The molecule has 5 heteroatoms. The highest BCUT2D eigenvalue weighted by atomic mass is 32.2. The molecule has 94 valence electrons. The van der Waals surface area contributed by atoms with E-state index in [0.29, 0.717) is 12.2 Å². The molecule has 1 aromatic carbocycles. The van der Waals surface area contributed by atoms with Crippen LogP contribution in [0.1, 0.15) is 25.3 Å². The van der Waals surface area contributed by atoms with Gasteiger partial charge in [0.05, 0.1) is 17.5 Å². The Morgan fingerprint density at radius 1 is 1.35 bits per heavy atom. The Morgan fingerprint density at radius 2 is 1.94 bits per heavy atom. The third-order valence-electron chi connectivity index (χ3n) is 3.18. The van der Waals surface area contributed by atoms with Gasteiger partial charge in [0.2, 0.25) is 10.0 Å². The first-order valence-corrected chi connectivity index (χ1v) is 7.35. The van der Waals surface area contributed by atoms with Crippen LogP contribution in [0.2, 0.25) is 0 Å². The molecule has 1 unspecified atom stereocenters. The number of anilines is 1. The standard InChI is InChI=1S/C12H17NO3S/c1-12(2,14)10-8-13(17(3,15)16)11-7-5-4-6-9(10)11/h4-7,10,14H,8H2,1-3H3. The monoisotopic (exact) mass is 255 g/mol. The number of hydrogen-bond acceptors (Lipinski definition) is 3. The molecule has 1 N–H and O–H groups in total. The second-order valence-corrected chi connectivity index (χ2v) is 6.97. The molecular formula is C12H17NO3S. The van der Waals surface area contributed by atoms with Gasteiger partial charge in [0.15, 0.2) is 0 Å². The Bertz CT molecular complexity index is 531. The Labute approximate surface area is 102 Å². The average Bonchev–Trinajstić information content (AvgIpc) is 2.55. The van der Waals surface area contributed by atoms with Crippen LogP contribution >= 0.6 is 0 Å². The summed E-state index contributed by atoms with van der Waals surface area (Å²) >= 11 is 0. The average molecular weight is 255 g/mol. The number of para-hydroxylation sites is 1. The molecular weight excluding hydrogens is 238 g/mol. The van der Waals surface area contributed by atoms with E-state index in [9.17, 15) is 13.5 Å². The maximum Gasteiger partial charge on any atom is 0.232 e. The number of aliphatic hydroxyl groups is 1. The summed E-state index contributed by atoms with van der Waals surface area (Å²) in [4.78, 5) is 0. The smallest absolute Gasteiger partial charge is 0.232 e. The van der Waals surface area contributed by atoms with Crippen molar-refractivity contribution in [2.24, 2.45) is 0 Å². The molecule has 1 aromatic rings. The van der Waals surface area contributed by atoms with E-state index in [0.717, 1.165) is 5.56 Å². The molecule has 0 saturated heterocycles. The van der Waals surface area contributed by atoms with Gasteiger partial charge in [0.25, 0.3) is 0 Å². The van der Waals surface area contributed by atoms with Gasteiger partial charge in [-0.3, -0.25) is 4.31 Å². The third-order valence-corrected chi connectivity index (χ3v) is 4.33. The first-order valence-electron chi connectivity index (χ1n) is 5.50. The molecule has 17 heavy (non-hydrogen) atoms. The topological polar surface area (TPSA) is 57.6 Å². The van der Waals surface area contributed by atoms with Crippen LogP contribution in [0, 0.1) is 0 Å². The summed E-state index contributed by atoms with van der Waals surface area (Å²) in [6.45, 7) is 3.72. The van der Waals surface area contributed by atoms with Gasteiger partial charge in [-0.25, -0.2) is 8.42 Å². The Morgan fingerprint density at radius 3 is 2.47 bits per heavy atom. The molecule has 1 heterocycles. The molecule has 1 aliphatic rings. The quantitative estimate of drug-likeness (QED) is 0.867. The lowest BCUT2D eigenvalue weighted by atomic mass is 9.86. The zero-order valence-corrected chi connectivity index (χ0v) is 11.0. The highest BCUT2D eigenvalue weighted by molar-refractivity contribution is 7.92. The fourth-order valence-electron chi connectivity index (χ4n) is 2.29. The summed E-state index contributed by atoms with van der Waals surface area (Å²) in [6, 6.07) is 7.33. The lowest BCUT2D eigenvalue weighted by Crippen LogP contribution is -2.35. The molecule has 0 aliphatic carbocycles. The van der Waals surface area contributed by atoms with E-state index in [2.05, 4.69) is 0 Å². The Balaban J connectivity index is 2.55. The molecule has 0 saturated carbocycles. The lowest BCUT2D eigenvalue weighted by molar-refractivity contribution is 0.0555. The fourth-order valence-corrected chi connectivity index (χ4v) is 3.23. The van der Waals surface area contributed by atoms with Crippen LogP contribution in [0.25, 0.3) is 0 Å². The predicted molar refractivity (Wildman–Crippen MR) is 67.7 cm³/mol. The molecule has 0 radical (unpaired) electrons. The maximum absolute atomic E-state index is 11.7. The van der Waals surface area contributed by atoms with Crippen LogP contribution in [0.5, 0.6) is 0 Å². The number of sulfonamides is 1. The van der Waals surface area contributed by atoms with Gasteiger partial charge in [-0.15, -0.1) is 0 Å². The van der Waals surface area contributed by atoms with Crippen molar-refractivity contribution in [2.75, 3.05) is 17.1 Å². The molecule has 0 amide bonds. The summed E-state index contributed by atoms with van der Waals surface area (Å²) in [5, 5.41) is 10.1. The summed E-state index contributed by atoms with van der Waals surface area (Å²) in [7, 11) is -3.29. The van der Waals surface area contributed by atoms with E-state index >= 15 is 0 Å². The number of fused-ring (bicyclic) bond motifs is 1. The first-order chi connectivity index (χ1) is 7.71. The summed E-state index contributed by atoms with van der Waals surface area (Å²) in [6.07, 6.45) is 1.19. The zero-order chi connectivity index (χ0) is 12.8. The van der Waals surface area contributed by atoms with E-state index in [-0.39, 0.29) is 5.92 Å². The van der Waals surface area contributed by atoms with Crippen molar-refractivity contribution in [1.29, 1.82) is 0 Å². The third kappa shape index (κ3) is 2.17. The second-order valence-electron chi connectivity index (χ2n) is 5.06. The lowest BCUT2D eigenvalue weighted by Gasteiger charge is -2.26. The van der Waals surface area contributed by atoms with Crippen molar-refractivity contribution < 1.29 is 13.5 Å². The molecule has 0 aromatic heterocycles. The van der Waals surface area contributed by atoms with Crippen LogP contribution in [0.15, 0.2) is 24.3 Å². The van der Waals surface area contributed by atoms with Crippen molar-refractivity contribution in [3.05, 3.63) is 29.8 Å². The van der Waals surface area contributed by atoms with E-state index in [4.69, 9.17) is 0 Å². The van der Waals surface area contributed by atoms with Gasteiger partial charge < -0.3 is 5.11 Å².